The monoisotopic (exact) mass is 517 g/mol. The van der Waals surface area contributed by atoms with Crippen LogP contribution in [0.4, 0.5) is 0 Å². The SMILES string of the molecule is Cc1sc(-n2c(C)cc(C=Nn3c(-c4cc5ccccc5o4)nc4ccccc4c3=O)c2C)c(C#N)c1C. The molecule has 6 rings (SSSR count). The molecule has 7 nitrogen and oxygen atoms in total. The van der Waals surface area contributed by atoms with Crippen LogP contribution in [0.1, 0.15) is 33.0 Å². The number of thiophene rings is 1. The summed E-state index contributed by atoms with van der Waals surface area (Å²) in [7, 11) is 0. The third-order valence-electron chi connectivity index (χ3n) is 6.86. The maximum Gasteiger partial charge on any atom is 0.282 e. The number of nitriles is 1. The Kier molecular flexibility index (Phi) is 5.59. The van der Waals surface area contributed by atoms with Gasteiger partial charge in [0.1, 0.15) is 16.7 Å². The molecule has 0 aliphatic carbocycles. The summed E-state index contributed by atoms with van der Waals surface area (Å²) in [6, 6.07) is 21.1. The van der Waals surface area contributed by atoms with Crippen LogP contribution in [0.25, 0.3) is 38.5 Å². The molecule has 38 heavy (non-hydrogen) atoms. The lowest BCUT2D eigenvalue weighted by atomic mass is 10.2. The van der Waals surface area contributed by atoms with E-state index in [1.807, 2.05) is 82.3 Å². The Bertz CT molecular complexity index is 1980. The highest BCUT2D eigenvalue weighted by atomic mass is 32.1. The smallest absolute Gasteiger partial charge is 0.282 e. The molecule has 0 saturated heterocycles. The van der Waals surface area contributed by atoms with Crippen LogP contribution in [-0.4, -0.2) is 20.4 Å². The molecule has 0 saturated carbocycles. The highest BCUT2D eigenvalue weighted by Crippen LogP contribution is 2.33. The van der Waals surface area contributed by atoms with Gasteiger partial charge in [-0.15, -0.1) is 11.3 Å². The van der Waals surface area contributed by atoms with Crippen molar-refractivity contribution in [1.82, 2.24) is 14.2 Å². The maximum absolute atomic E-state index is 13.6. The first kappa shape index (κ1) is 23.6. The van der Waals surface area contributed by atoms with E-state index in [0.29, 0.717) is 33.6 Å². The molecule has 0 unspecified atom stereocenters. The predicted octanol–water partition coefficient (Wildman–Crippen LogP) is 6.65. The first-order chi connectivity index (χ1) is 18.4. The van der Waals surface area contributed by atoms with E-state index in [9.17, 15) is 10.1 Å². The van der Waals surface area contributed by atoms with Crippen LogP contribution < -0.4 is 5.56 Å². The summed E-state index contributed by atoms with van der Waals surface area (Å²) in [5.41, 5.74) is 5.42. The van der Waals surface area contributed by atoms with Crippen molar-refractivity contribution in [3.05, 3.63) is 104 Å². The number of para-hydroxylation sites is 2. The Morgan fingerprint density at radius 3 is 2.61 bits per heavy atom. The van der Waals surface area contributed by atoms with E-state index < -0.39 is 0 Å². The van der Waals surface area contributed by atoms with Crippen molar-refractivity contribution in [3.63, 3.8) is 0 Å². The van der Waals surface area contributed by atoms with Crippen molar-refractivity contribution >= 4 is 39.4 Å². The number of aryl methyl sites for hydroxylation is 2. The molecule has 2 aromatic carbocycles. The molecule has 0 amide bonds. The fourth-order valence-corrected chi connectivity index (χ4v) is 5.95. The quantitative estimate of drug-likeness (QED) is 0.245. The van der Waals surface area contributed by atoms with Gasteiger partial charge in [0.2, 0.25) is 5.82 Å². The van der Waals surface area contributed by atoms with Crippen LogP contribution in [0.15, 0.2) is 75.0 Å². The highest BCUT2D eigenvalue weighted by molar-refractivity contribution is 7.14. The van der Waals surface area contributed by atoms with Gasteiger partial charge in [-0.3, -0.25) is 4.79 Å². The van der Waals surface area contributed by atoms with Crippen molar-refractivity contribution in [2.24, 2.45) is 5.10 Å². The van der Waals surface area contributed by atoms with E-state index in [0.717, 1.165) is 37.8 Å². The minimum atomic E-state index is -0.285. The molecule has 8 heteroatoms. The Balaban J connectivity index is 1.52. The topological polar surface area (TPSA) is 89.1 Å². The number of hydrogen-bond donors (Lipinski definition) is 0. The zero-order valence-corrected chi connectivity index (χ0v) is 22.1. The van der Waals surface area contributed by atoms with Crippen LogP contribution in [0.3, 0.4) is 0 Å². The molecule has 6 aromatic rings. The van der Waals surface area contributed by atoms with E-state index in [-0.39, 0.29) is 5.56 Å². The van der Waals surface area contributed by atoms with Crippen LogP contribution in [0.5, 0.6) is 0 Å². The van der Waals surface area contributed by atoms with Gasteiger partial charge in [-0.05, 0) is 63.6 Å². The summed E-state index contributed by atoms with van der Waals surface area (Å²) in [4.78, 5) is 19.5. The minimum absolute atomic E-state index is 0.285. The molecule has 4 aromatic heterocycles. The van der Waals surface area contributed by atoms with Crippen molar-refractivity contribution < 1.29 is 4.42 Å². The summed E-state index contributed by atoms with van der Waals surface area (Å²) in [6.07, 6.45) is 1.67. The number of nitrogens with zero attached hydrogens (tertiary/aromatic N) is 5. The molecule has 0 radical (unpaired) electrons. The van der Waals surface area contributed by atoms with Crippen molar-refractivity contribution in [2.75, 3.05) is 0 Å². The van der Waals surface area contributed by atoms with E-state index in [1.165, 1.54) is 4.68 Å². The van der Waals surface area contributed by atoms with E-state index >= 15 is 0 Å². The van der Waals surface area contributed by atoms with E-state index in [2.05, 4.69) is 15.7 Å². The van der Waals surface area contributed by atoms with Crippen LogP contribution in [0, 0.1) is 39.0 Å². The van der Waals surface area contributed by atoms with Crippen molar-refractivity contribution in [2.45, 2.75) is 27.7 Å². The van der Waals surface area contributed by atoms with Gasteiger partial charge >= 0.3 is 0 Å². The standard InChI is InChI=1S/C30H23N5O2S/c1-17-13-22(19(3)34(17)30-24(15-31)18(2)20(4)38-30)16-32-35-28(27-14-21-9-5-8-12-26(21)37-27)33-25-11-7-6-10-23(25)29(35)36/h5-14,16H,1-4H3. The number of fused-ring (bicyclic) bond motifs is 2. The van der Waals surface area contributed by atoms with Gasteiger partial charge in [-0.1, -0.05) is 30.3 Å². The summed E-state index contributed by atoms with van der Waals surface area (Å²) in [6.45, 7) is 7.99. The molecule has 0 bridgehead atoms. The van der Waals surface area contributed by atoms with Gasteiger partial charge in [0.05, 0.1) is 22.7 Å². The summed E-state index contributed by atoms with van der Waals surface area (Å²) in [5.74, 6) is 0.783. The third-order valence-corrected chi connectivity index (χ3v) is 8.06. The van der Waals surface area contributed by atoms with Gasteiger partial charge in [0, 0.05) is 27.2 Å². The van der Waals surface area contributed by atoms with Gasteiger partial charge in [0.25, 0.3) is 5.56 Å². The Labute approximate surface area is 222 Å². The zero-order chi connectivity index (χ0) is 26.6. The lowest BCUT2D eigenvalue weighted by molar-refractivity contribution is 0.616. The molecule has 186 valence electrons. The molecule has 0 fully saturated rings. The lowest BCUT2D eigenvalue weighted by Gasteiger charge is -2.08. The summed E-state index contributed by atoms with van der Waals surface area (Å²) in [5, 5.41) is 16.7. The van der Waals surface area contributed by atoms with Crippen molar-refractivity contribution in [3.8, 4) is 22.7 Å². The Morgan fingerprint density at radius 2 is 1.82 bits per heavy atom. The molecule has 0 atom stereocenters. The average Bonchev–Trinajstić information content (AvgIpc) is 3.56. The summed E-state index contributed by atoms with van der Waals surface area (Å²) >= 11 is 1.60. The fourth-order valence-electron chi connectivity index (χ4n) is 4.73. The second-order valence-corrected chi connectivity index (χ2v) is 10.4. The second-order valence-electron chi connectivity index (χ2n) is 9.20. The highest BCUT2D eigenvalue weighted by Gasteiger charge is 2.19. The van der Waals surface area contributed by atoms with Crippen molar-refractivity contribution in [1.29, 1.82) is 5.26 Å². The number of benzene rings is 2. The van der Waals surface area contributed by atoms with Gasteiger partial charge in [0.15, 0.2) is 5.76 Å². The largest absolute Gasteiger partial charge is 0.453 e. The first-order valence-corrected chi connectivity index (χ1v) is 12.9. The second kappa shape index (κ2) is 8.98. The number of furan rings is 1. The number of hydrogen-bond acceptors (Lipinski definition) is 6. The number of aromatic nitrogens is 3. The predicted molar refractivity (Wildman–Crippen MR) is 152 cm³/mol. The van der Waals surface area contributed by atoms with Gasteiger partial charge in [-0.2, -0.15) is 15.0 Å². The van der Waals surface area contributed by atoms with Gasteiger partial charge in [-0.25, -0.2) is 4.98 Å². The van der Waals surface area contributed by atoms with E-state index in [4.69, 9.17) is 9.40 Å². The molecule has 4 heterocycles. The molecule has 0 N–H and O–H groups in total. The normalized spacial score (nSPS) is 11.7. The molecule has 0 spiro atoms. The number of rotatable bonds is 4. The van der Waals surface area contributed by atoms with E-state index in [1.54, 1.807) is 23.6 Å². The van der Waals surface area contributed by atoms with Gasteiger partial charge < -0.3 is 8.98 Å². The van der Waals surface area contributed by atoms with Crippen LogP contribution in [0.2, 0.25) is 0 Å². The summed E-state index contributed by atoms with van der Waals surface area (Å²) < 4.78 is 9.44. The van der Waals surface area contributed by atoms with Crippen LogP contribution in [-0.2, 0) is 0 Å². The Hall–Kier alpha value is -4.74. The molecule has 0 aliphatic heterocycles. The minimum Gasteiger partial charge on any atom is -0.453 e. The average molecular weight is 518 g/mol. The molecule has 0 aliphatic rings. The fraction of sp³-hybridized carbons (Fsp3) is 0.133. The molecular formula is C30H23N5O2S. The Morgan fingerprint density at radius 1 is 1.05 bits per heavy atom. The first-order valence-electron chi connectivity index (χ1n) is 12.1. The third kappa shape index (κ3) is 3.67. The maximum atomic E-state index is 13.6. The molecular weight excluding hydrogens is 494 g/mol. The zero-order valence-electron chi connectivity index (χ0n) is 21.3. The lowest BCUT2D eigenvalue weighted by Crippen LogP contribution is -2.20. The van der Waals surface area contributed by atoms with Crippen LogP contribution >= 0.6 is 11.3 Å².